The Morgan fingerprint density at radius 3 is 1.91 bits per heavy atom. The zero-order chi connectivity index (χ0) is 36.7. The van der Waals surface area contributed by atoms with Gasteiger partial charge in [0, 0.05) is 38.8 Å². The fourth-order valence-corrected chi connectivity index (χ4v) is 8.39. The van der Waals surface area contributed by atoms with Crippen LogP contribution in [0.3, 0.4) is 0 Å². The first-order chi connectivity index (χ1) is 27.7. The lowest BCUT2D eigenvalue weighted by Crippen LogP contribution is -2.10. The molecule has 56 heavy (non-hydrogen) atoms. The summed E-state index contributed by atoms with van der Waals surface area (Å²) in [5.74, 6) is 0.597. The number of hydrogen-bond acceptors (Lipinski definition) is 5. The SMILES string of the molecule is c1ccc(-c2cccc(N(c3ccc4c(ccc5cc6oc7ccc8nc(-c9ccccc9)oc8c7c6cc54)c3)c3ccc4oc5ccccc5c4c3)c2)cc1. The second-order valence-corrected chi connectivity index (χ2v) is 14.3. The van der Waals surface area contributed by atoms with Crippen LogP contribution in [0.25, 0.3) is 99.1 Å². The van der Waals surface area contributed by atoms with E-state index in [0.717, 1.165) is 105 Å². The lowest BCUT2D eigenvalue weighted by atomic mass is 9.98. The molecule has 262 valence electrons. The number of rotatable bonds is 5. The van der Waals surface area contributed by atoms with Crippen LogP contribution in [0.5, 0.6) is 0 Å². The predicted molar refractivity (Wildman–Crippen MR) is 229 cm³/mol. The Balaban J connectivity index is 1.04. The van der Waals surface area contributed by atoms with Crippen molar-refractivity contribution >= 4 is 93.6 Å². The minimum Gasteiger partial charge on any atom is -0.456 e. The summed E-state index contributed by atoms with van der Waals surface area (Å²) in [6.07, 6.45) is 0. The molecule has 12 aromatic rings. The van der Waals surface area contributed by atoms with E-state index in [9.17, 15) is 0 Å². The van der Waals surface area contributed by atoms with E-state index in [0.29, 0.717) is 5.89 Å². The molecule has 3 aromatic heterocycles. The highest BCUT2D eigenvalue weighted by atomic mass is 16.4. The van der Waals surface area contributed by atoms with Crippen LogP contribution in [0.2, 0.25) is 0 Å². The number of nitrogens with zero attached hydrogens (tertiary/aromatic N) is 2. The van der Waals surface area contributed by atoms with Gasteiger partial charge in [0.15, 0.2) is 5.58 Å². The Kier molecular flexibility index (Phi) is 6.56. The molecule has 0 bridgehead atoms. The van der Waals surface area contributed by atoms with Crippen LogP contribution in [0.4, 0.5) is 17.1 Å². The summed E-state index contributed by atoms with van der Waals surface area (Å²) in [4.78, 5) is 7.18. The summed E-state index contributed by atoms with van der Waals surface area (Å²) < 4.78 is 19.1. The van der Waals surface area contributed by atoms with Crippen LogP contribution in [0.15, 0.2) is 195 Å². The van der Waals surface area contributed by atoms with Crippen LogP contribution >= 0.6 is 0 Å². The first kappa shape index (κ1) is 30.8. The standard InChI is InChI=1S/C51H30N2O3/c1-3-10-31(11-4-1)33-14-9-15-36(26-33)53(38-21-24-46-42(29-38)40-16-7-8-17-45(40)54-46)37-20-22-39-34(27-37)18-19-35-28-48-43(30-41(35)39)49-47(55-48)25-23-44-50(49)56-51(52-44)32-12-5-2-6-13-32/h1-30H. The lowest BCUT2D eigenvalue weighted by molar-refractivity contribution is 0.622. The van der Waals surface area contributed by atoms with Crippen molar-refractivity contribution in [2.24, 2.45) is 0 Å². The van der Waals surface area contributed by atoms with E-state index in [4.69, 9.17) is 18.2 Å². The Hall–Kier alpha value is -7.63. The Labute approximate surface area is 320 Å². The highest BCUT2D eigenvalue weighted by Crippen LogP contribution is 2.43. The number of aromatic nitrogens is 1. The molecule has 0 spiro atoms. The van der Waals surface area contributed by atoms with Gasteiger partial charge >= 0.3 is 0 Å². The Bertz CT molecular complexity index is 3490. The van der Waals surface area contributed by atoms with Crippen molar-refractivity contribution in [3.8, 4) is 22.6 Å². The van der Waals surface area contributed by atoms with Gasteiger partial charge in [0.1, 0.15) is 27.8 Å². The maximum absolute atomic E-state index is 6.46. The van der Waals surface area contributed by atoms with Gasteiger partial charge in [-0.2, -0.15) is 0 Å². The molecule has 0 aliphatic rings. The number of oxazole rings is 1. The zero-order valence-electron chi connectivity index (χ0n) is 29.9. The van der Waals surface area contributed by atoms with E-state index in [1.165, 1.54) is 5.56 Å². The van der Waals surface area contributed by atoms with Gasteiger partial charge in [-0.05, 0) is 118 Å². The first-order valence-electron chi connectivity index (χ1n) is 18.8. The number of anilines is 3. The third kappa shape index (κ3) is 4.78. The minimum atomic E-state index is 0.597. The van der Waals surface area contributed by atoms with Crippen LogP contribution in [-0.2, 0) is 0 Å². The molecule has 0 atom stereocenters. The molecule has 0 saturated carbocycles. The molecule has 9 aromatic carbocycles. The molecule has 0 amide bonds. The predicted octanol–water partition coefficient (Wildman–Crippen LogP) is 14.7. The molecular formula is C51H30N2O3. The second kappa shape index (κ2) is 11.9. The van der Waals surface area contributed by atoms with Crippen LogP contribution < -0.4 is 4.90 Å². The first-order valence-corrected chi connectivity index (χ1v) is 18.8. The van der Waals surface area contributed by atoms with Gasteiger partial charge in [-0.3, -0.25) is 0 Å². The van der Waals surface area contributed by atoms with Gasteiger partial charge in [0.25, 0.3) is 0 Å². The van der Waals surface area contributed by atoms with Crippen molar-refractivity contribution < 1.29 is 13.3 Å². The molecule has 0 radical (unpaired) electrons. The van der Waals surface area contributed by atoms with Crippen molar-refractivity contribution in [1.82, 2.24) is 4.98 Å². The third-order valence-electron chi connectivity index (χ3n) is 11.0. The Morgan fingerprint density at radius 1 is 0.357 bits per heavy atom. The van der Waals surface area contributed by atoms with Crippen molar-refractivity contribution in [3.05, 3.63) is 182 Å². The molecule has 0 unspecified atom stereocenters. The van der Waals surface area contributed by atoms with Crippen LogP contribution in [0.1, 0.15) is 0 Å². The molecule has 0 aliphatic carbocycles. The highest BCUT2D eigenvalue weighted by Gasteiger charge is 2.20. The number of para-hydroxylation sites is 1. The van der Waals surface area contributed by atoms with Crippen molar-refractivity contribution in [1.29, 1.82) is 0 Å². The summed E-state index contributed by atoms with van der Waals surface area (Å²) in [6, 6.07) is 63.6. The minimum absolute atomic E-state index is 0.597. The lowest BCUT2D eigenvalue weighted by Gasteiger charge is -2.26. The maximum atomic E-state index is 6.46. The van der Waals surface area contributed by atoms with Crippen LogP contribution in [-0.4, -0.2) is 4.98 Å². The summed E-state index contributed by atoms with van der Waals surface area (Å²) in [5.41, 5.74) is 11.3. The van der Waals surface area contributed by atoms with Crippen LogP contribution in [0, 0.1) is 0 Å². The van der Waals surface area contributed by atoms with Gasteiger partial charge in [-0.1, -0.05) is 97.1 Å². The smallest absolute Gasteiger partial charge is 0.227 e. The topological polar surface area (TPSA) is 55.6 Å². The molecule has 0 fully saturated rings. The average molecular weight is 719 g/mol. The van der Waals surface area contributed by atoms with Crippen molar-refractivity contribution in [2.75, 3.05) is 4.90 Å². The van der Waals surface area contributed by atoms with E-state index < -0.39 is 0 Å². The highest BCUT2D eigenvalue weighted by molar-refractivity contribution is 6.21. The van der Waals surface area contributed by atoms with Crippen molar-refractivity contribution in [2.45, 2.75) is 0 Å². The Morgan fingerprint density at radius 2 is 1.04 bits per heavy atom. The zero-order valence-corrected chi connectivity index (χ0v) is 29.9. The summed E-state index contributed by atoms with van der Waals surface area (Å²) >= 11 is 0. The van der Waals surface area contributed by atoms with Gasteiger partial charge in [-0.25, -0.2) is 4.98 Å². The number of benzene rings is 9. The quantitative estimate of drug-likeness (QED) is 0.166. The number of furan rings is 2. The maximum Gasteiger partial charge on any atom is 0.227 e. The molecule has 5 nitrogen and oxygen atoms in total. The fraction of sp³-hybridized carbons (Fsp3) is 0. The van der Waals surface area contributed by atoms with E-state index in [2.05, 4.69) is 132 Å². The largest absolute Gasteiger partial charge is 0.456 e. The summed E-state index contributed by atoms with van der Waals surface area (Å²) in [7, 11) is 0. The number of hydrogen-bond donors (Lipinski definition) is 0. The molecular weight excluding hydrogens is 689 g/mol. The van der Waals surface area contributed by atoms with Gasteiger partial charge in [-0.15, -0.1) is 0 Å². The van der Waals surface area contributed by atoms with Gasteiger partial charge in [0.05, 0.1) is 5.39 Å². The van der Waals surface area contributed by atoms with E-state index >= 15 is 0 Å². The molecule has 12 rings (SSSR count). The van der Waals surface area contributed by atoms with E-state index in [-0.39, 0.29) is 0 Å². The monoisotopic (exact) mass is 718 g/mol. The van der Waals surface area contributed by atoms with Gasteiger partial charge in [0.2, 0.25) is 5.89 Å². The van der Waals surface area contributed by atoms with E-state index in [1.54, 1.807) is 0 Å². The molecule has 0 aliphatic heterocycles. The van der Waals surface area contributed by atoms with Gasteiger partial charge < -0.3 is 18.2 Å². The van der Waals surface area contributed by atoms with E-state index in [1.807, 2.05) is 54.6 Å². The second-order valence-electron chi connectivity index (χ2n) is 14.3. The van der Waals surface area contributed by atoms with Crippen molar-refractivity contribution in [3.63, 3.8) is 0 Å². The third-order valence-corrected chi connectivity index (χ3v) is 11.0. The number of fused-ring (bicyclic) bond motifs is 11. The fourth-order valence-electron chi connectivity index (χ4n) is 8.39. The molecule has 3 heterocycles. The average Bonchev–Trinajstić information content (AvgIpc) is 3.97. The summed E-state index contributed by atoms with van der Waals surface area (Å²) in [6.45, 7) is 0. The molecule has 0 saturated heterocycles. The molecule has 5 heteroatoms. The molecule has 0 N–H and O–H groups in total. The summed E-state index contributed by atoms with van der Waals surface area (Å²) in [5, 5.41) is 8.68. The normalized spacial score (nSPS) is 11.9.